The summed E-state index contributed by atoms with van der Waals surface area (Å²) in [6.45, 7) is 7.31. The molecule has 3 heterocycles. The molecule has 0 atom stereocenters. The largest absolute Gasteiger partial charge is 0.367 e. The highest BCUT2D eigenvalue weighted by Gasteiger charge is 2.21. The molecule has 1 fully saturated rings. The molecule has 0 spiro atoms. The van der Waals surface area contributed by atoms with Crippen molar-refractivity contribution >= 4 is 33.9 Å². The first-order valence-electron chi connectivity index (χ1n) is 9.36. The zero-order valence-electron chi connectivity index (χ0n) is 16.1. The molecule has 1 saturated heterocycles. The maximum absolute atomic E-state index is 11.1. The van der Waals surface area contributed by atoms with Crippen LogP contribution in [0.5, 0.6) is 0 Å². The third-order valence-electron chi connectivity index (χ3n) is 4.80. The Morgan fingerprint density at radius 2 is 1.75 bits per heavy atom. The Morgan fingerprint density at radius 3 is 2.39 bits per heavy atom. The van der Waals surface area contributed by atoms with Gasteiger partial charge in [0.05, 0.1) is 17.6 Å². The van der Waals surface area contributed by atoms with E-state index in [1.807, 2.05) is 24.4 Å². The van der Waals surface area contributed by atoms with E-state index >= 15 is 0 Å². The number of aryl methyl sites for hydroxylation is 1. The number of pyridine rings is 1. The molecule has 0 saturated carbocycles. The topological polar surface area (TPSA) is 61.4 Å². The lowest BCUT2D eigenvalue weighted by Gasteiger charge is -2.35. The summed E-state index contributed by atoms with van der Waals surface area (Å²) in [7, 11) is 0. The van der Waals surface area contributed by atoms with Gasteiger partial charge in [0.2, 0.25) is 5.91 Å². The summed E-state index contributed by atoms with van der Waals surface area (Å²) >= 11 is 1.76. The number of anilines is 3. The van der Waals surface area contributed by atoms with Gasteiger partial charge in [-0.1, -0.05) is 30.3 Å². The number of hydrogen-bond donors (Lipinski definition) is 1. The number of aromatic nitrogens is 2. The van der Waals surface area contributed by atoms with Crippen molar-refractivity contribution in [3.63, 3.8) is 0 Å². The van der Waals surface area contributed by atoms with Gasteiger partial charge in [0.15, 0.2) is 5.13 Å². The van der Waals surface area contributed by atoms with Gasteiger partial charge in [0.1, 0.15) is 5.82 Å². The zero-order valence-corrected chi connectivity index (χ0v) is 16.9. The second kappa shape index (κ2) is 7.98. The maximum Gasteiger partial charge on any atom is 0.222 e. The van der Waals surface area contributed by atoms with E-state index in [1.54, 1.807) is 11.3 Å². The van der Waals surface area contributed by atoms with Crippen LogP contribution in [0.3, 0.4) is 0 Å². The third-order valence-corrected chi connectivity index (χ3v) is 5.83. The molecular formula is C21H23N5OS. The van der Waals surface area contributed by atoms with E-state index in [9.17, 15) is 4.79 Å². The molecule has 1 aliphatic heterocycles. The Labute approximate surface area is 168 Å². The fraction of sp³-hybridized carbons (Fsp3) is 0.286. The number of carbonyl (C=O) groups excluding carboxylic acids is 1. The van der Waals surface area contributed by atoms with Crippen molar-refractivity contribution in [2.75, 3.05) is 41.3 Å². The molecule has 0 unspecified atom stereocenters. The fourth-order valence-electron chi connectivity index (χ4n) is 3.36. The highest BCUT2D eigenvalue weighted by molar-refractivity contribution is 7.16. The SMILES string of the molecule is CC(=O)Nc1ccc(N2CCN(c3nc(-c4ccccc4)c(C)s3)CC2)cn1. The van der Waals surface area contributed by atoms with Gasteiger partial charge >= 0.3 is 0 Å². The van der Waals surface area contributed by atoms with Crippen LogP contribution < -0.4 is 15.1 Å². The quantitative estimate of drug-likeness (QED) is 0.731. The molecule has 0 aliphatic carbocycles. The van der Waals surface area contributed by atoms with Crippen molar-refractivity contribution in [2.24, 2.45) is 0 Å². The lowest BCUT2D eigenvalue weighted by molar-refractivity contribution is -0.114. The molecule has 1 amide bonds. The normalized spacial score (nSPS) is 14.2. The Hall–Kier alpha value is -2.93. The fourth-order valence-corrected chi connectivity index (χ4v) is 4.35. The van der Waals surface area contributed by atoms with Crippen molar-refractivity contribution in [2.45, 2.75) is 13.8 Å². The van der Waals surface area contributed by atoms with Crippen LogP contribution in [0.1, 0.15) is 11.8 Å². The van der Waals surface area contributed by atoms with Gasteiger partial charge < -0.3 is 15.1 Å². The summed E-state index contributed by atoms with van der Waals surface area (Å²) in [5.41, 5.74) is 3.33. The molecular weight excluding hydrogens is 370 g/mol. The van der Waals surface area contributed by atoms with E-state index in [0.29, 0.717) is 5.82 Å². The summed E-state index contributed by atoms with van der Waals surface area (Å²) in [6.07, 6.45) is 1.82. The van der Waals surface area contributed by atoms with E-state index in [1.165, 1.54) is 17.4 Å². The van der Waals surface area contributed by atoms with Crippen molar-refractivity contribution in [3.05, 3.63) is 53.5 Å². The summed E-state index contributed by atoms with van der Waals surface area (Å²) in [5, 5.41) is 3.79. The summed E-state index contributed by atoms with van der Waals surface area (Å²) in [4.78, 5) is 26.3. The number of carbonyl (C=O) groups is 1. The lowest BCUT2D eigenvalue weighted by atomic mass is 10.1. The van der Waals surface area contributed by atoms with Gasteiger partial charge in [-0.25, -0.2) is 9.97 Å². The van der Waals surface area contributed by atoms with Gasteiger partial charge in [-0.2, -0.15) is 0 Å². The van der Waals surface area contributed by atoms with E-state index in [4.69, 9.17) is 4.98 Å². The standard InChI is InChI=1S/C21H23N5OS/c1-15-20(17-6-4-3-5-7-17)24-21(28-15)26-12-10-25(11-13-26)18-8-9-19(22-14-18)23-16(2)27/h3-9,14H,10-13H2,1-2H3,(H,22,23,27). The second-order valence-electron chi connectivity index (χ2n) is 6.82. The van der Waals surface area contributed by atoms with Gasteiger partial charge in [-0.3, -0.25) is 4.79 Å². The van der Waals surface area contributed by atoms with Crippen molar-refractivity contribution < 1.29 is 4.79 Å². The molecule has 0 radical (unpaired) electrons. The van der Waals surface area contributed by atoms with Crippen LogP contribution in [0.15, 0.2) is 48.7 Å². The molecule has 144 valence electrons. The second-order valence-corrected chi connectivity index (χ2v) is 8.01. The number of rotatable bonds is 4. The van der Waals surface area contributed by atoms with Crippen molar-refractivity contribution in [3.8, 4) is 11.3 Å². The van der Waals surface area contributed by atoms with Gasteiger partial charge in [0.25, 0.3) is 0 Å². The number of nitrogens with one attached hydrogen (secondary N) is 1. The van der Waals surface area contributed by atoms with Crippen LogP contribution in [0, 0.1) is 6.92 Å². The first kappa shape index (κ1) is 18.4. The molecule has 1 aliphatic rings. The maximum atomic E-state index is 11.1. The summed E-state index contributed by atoms with van der Waals surface area (Å²) < 4.78 is 0. The third kappa shape index (κ3) is 3.99. The first-order chi connectivity index (χ1) is 13.6. The predicted molar refractivity (Wildman–Crippen MR) is 115 cm³/mol. The number of nitrogens with zero attached hydrogens (tertiary/aromatic N) is 4. The molecule has 0 bridgehead atoms. The average Bonchev–Trinajstić information content (AvgIpc) is 3.11. The number of amides is 1. The summed E-state index contributed by atoms with van der Waals surface area (Å²) in [6, 6.07) is 14.2. The van der Waals surface area contributed by atoms with E-state index in [-0.39, 0.29) is 5.91 Å². The van der Waals surface area contributed by atoms with Gasteiger partial charge in [0, 0.05) is 43.5 Å². The predicted octanol–water partition coefficient (Wildman–Crippen LogP) is 3.80. The number of thiazole rings is 1. The average molecular weight is 394 g/mol. The minimum Gasteiger partial charge on any atom is -0.367 e. The molecule has 2 aromatic heterocycles. The lowest BCUT2D eigenvalue weighted by Crippen LogP contribution is -2.46. The van der Waals surface area contributed by atoms with Crippen LogP contribution in [-0.2, 0) is 4.79 Å². The van der Waals surface area contributed by atoms with Crippen LogP contribution >= 0.6 is 11.3 Å². The monoisotopic (exact) mass is 393 g/mol. The molecule has 4 rings (SSSR count). The van der Waals surface area contributed by atoms with Crippen LogP contribution in [0.4, 0.5) is 16.6 Å². The zero-order chi connectivity index (χ0) is 19.5. The highest BCUT2D eigenvalue weighted by atomic mass is 32.1. The Morgan fingerprint density at radius 1 is 1.04 bits per heavy atom. The number of piperazine rings is 1. The Balaban J connectivity index is 1.41. The van der Waals surface area contributed by atoms with Crippen molar-refractivity contribution in [1.29, 1.82) is 0 Å². The smallest absolute Gasteiger partial charge is 0.222 e. The number of benzene rings is 1. The van der Waals surface area contributed by atoms with E-state index in [0.717, 1.165) is 42.7 Å². The van der Waals surface area contributed by atoms with E-state index in [2.05, 4.69) is 51.3 Å². The summed E-state index contributed by atoms with van der Waals surface area (Å²) in [5.74, 6) is 0.476. The van der Waals surface area contributed by atoms with E-state index < -0.39 is 0 Å². The molecule has 3 aromatic rings. The Kier molecular flexibility index (Phi) is 5.25. The minimum atomic E-state index is -0.109. The molecule has 7 heteroatoms. The molecule has 28 heavy (non-hydrogen) atoms. The van der Waals surface area contributed by atoms with Crippen LogP contribution in [-0.4, -0.2) is 42.1 Å². The highest BCUT2D eigenvalue weighted by Crippen LogP contribution is 2.33. The molecule has 1 N–H and O–H groups in total. The molecule has 1 aromatic carbocycles. The number of hydrogen-bond acceptors (Lipinski definition) is 6. The van der Waals surface area contributed by atoms with Crippen LogP contribution in [0.25, 0.3) is 11.3 Å². The van der Waals surface area contributed by atoms with Gasteiger partial charge in [-0.15, -0.1) is 11.3 Å². The molecule has 6 nitrogen and oxygen atoms in total. The van der Waals surface area contributed by atoms with Gasteiger partial charge in [-0.05, 0) is 19.1 Å². The Bertz CT molecular complexity index is 947. The minimum absolute atomic E-state index is 0.109. The first-order valence-corrected chi connectivity index (χ1v) is 10.2. The van der Waals surface area contributed by atoms with Crippen molar-refractivity contribution in [1.82, 2.24) is 9.97 Å². The van der Waals surface area contributed by atoms with Crippen LogP contribution in [0.2, 0.25) is 0 Å².